The number of aryl methyl sites for hydroxylation is 2. The van der Waals surface area contributed by atoms with Crippen LogP contribution in [0.15, 0.2) is 24.3 Å². The number of halogens is 1. The molecule has 0 unspecified atom stereocenters. The van der Waals surface area contributed by atoms with Gasteiger partial charge in [0, 0.05) is 45.9 Å². The van der Waals surface area contributed by atoms with Gasteiger partial charge in [-0.05, 0) is 19.1 Å². The molecular weight excluding hydrogens is 311 g/mol. The number of benzene rings is 1. The number of aliphatic hydroxyl groups excluding tert-OH is 1. The third-order valence-corrected chi connectivity index (χ3v) is 3.66. The third-order valence-electron chi connectivity index (χ3n) is 3.66. The molecule has 0 spiro atoms. The van der Waals surface area contributed by atoms with Crippen molar-refractivity contribution in [3.05, 3.63) is 41.3 Å². The Morgan fingerprint density at radius 3 is 2.83 bits per heavy atom. The van der Waals surface area contributed by atoms with Crippen LogP contribution in [0.4, 0.5) is 10.2 Å². The molecule has 1 heterocycles. The van der Waals surface area contributed by atoms with Gasteiger partial charge in [0.2, 0.25) is 0 Å². The Hall–Kier alpha value is -2.12. The number of hydrogen-bond acceptors (Lipinski definition) is 5. The van der Waals surface area contributed by atoms with Gasteiger partial charge in [0.1, 0.15) is 30.1 Å². The molecule has 0 aliphatic heterocycles. The summed E-state index contributed by atoms with van der Waals surface area (Å²) in [6, 6.07) is 5.88. The normalized spacial score (nSPS) is 12.2. The molecule has 0 aliphatic rings. The Kier molecular flexibility index (Phi) is 6.16. The second-order valence-corrected chi connectivity index (χ2v) is 5.96. The molecule has 0 bridgehead atoms. The molecule has 24 heavy (non-hydrogen) atoms. The van der Waals surface area contributed by atoms with E-state index in [1.807, 2.05) is 37.6 Å². The monoisotopic (exact) mass is 336 g/mol. The average molecular weight is 336 g/mol. The molecule has 1 aromatic carbocycles. The van der Waals surface area contributed by atoms with Gasteiger partial charge >= 0.3 is 0 Å². The maximum Gasteiger partial charge on any atom is 0.130 e. The van der Waals surface area contributed by atoms with Gasteiger partial charge in [0.05, 0.1) is 5.69 Å². The minimum absolute atomic E-state index is 0.100. The molecule has 2 N–H and O–H groups in total. The summed E-state index contributed by atoms with van der Waals surface area (Å²) in [6.45, 7) is 3.04. The van der Waals surface area contributed by atoms with Gasteiger partial charge in [-0.2, -0.15) is 5.10 Å². The van der Waals surface area contributed by atoms with Crippen molar-refractivity contribution in [2.24, 2.45) is 7.05 Å². The van der Waals surface area contributed by atoms with Crippen molar-refractivity contribution in [2.75, 3.05) is 32.1 Å². The van der Waals surface area contributed by atoms with Gasteiger partial charge in [-0.25, -0.2) is 4.39 Å². The van der Waals surface area contributed by atoms with E-state index in [2.05, 4.69) is 10.4 Å². The fourth-order valence-corrected chi connectivity index (χ4v) is 2.63. The molecule has 0 aliphatic carbocycles. The number of rotatable bonds is 8. The lowest BCUT2D eigenvalue weighted by atomic mass is 10.2. The van der Waals surface area contributed by atoms with E-state index in [-0.39, 0.29) is 12.4 Å². The molecule has 0 saturated heterocycles. The van der Waals surface area contributed by atoms with Crippen LogP contribution in [0, 0.1) is 12.7 Å². The van der Waals surface area contributed by atoms with Crippen molar-refractivity contribution < 1.29 is 14.2 Å². The zero-order valence-corrected chi connectivity index (χ0v) is 14.6. The smallest absolute Gasteiger partial charge is 0.130 e. The summed E-state index contributed by atoms with van der Waals surface area (Å²) in [6.07, 6.45) is -0.687. The number of aliphatic hydroxyl groups is 1. The fraction of sp³-hybridized carbons (Fsp3) is 0.471. The van der Waals surface area contributed by atoms with E-state index in [9.17, 15) is 9.50 Å². The van der Waals surface area contributed by atoms with E-state index in [1.54, 1.807) is 12.1 Å². The van der Waals surface area contributed by atoms with Gasteiger partial charge in [-0.1, -0.05) is 6.07 Å². The SMILES string of the molecule is Cc1nn(C)c(N(C)C)c1CNC[C@H](O)COc1cccc(F)c1. The second kappa shape index (κ2) is 8.12. The van der Waals surface area contributed by atoms with E-state index < -0.39 is 6.10 Å². The van der Waals surface area contributed by atoms with Crippen molar-refractivity contribution >= 4 is 5.82 Å². The Bertz CT molecular complexity index is 673. The first-order chi connectivity index (χ1) is 11.4. The van der Waals surface area contributed by atoms with Crippen LogP contribution in [0.3, 0.4) is 0 Å². The predicted octanol–water partition coefficient (Wildman–Crippen LogP) is 1.46. The highest BCUT2D eigenvalue weighted by Gasteiger charge is 2.15. The van der Waals surface area contributed by atoms with Gasteiger partial charge in [0.15, 0.2) is 0 Å². The molecule has 0 fully saturated rings. The molecule has 1 atom stereocenters. The minimum Gasteiger partial charge on any atom is -0.491 e. The van der Waals surface area contributed by atoms with Crippen LogP contribution in [-0.2, 0) is 13.6 Å². The van der Waals surface area contributed by atoms with Crippen molar-refractivity contribution in [3.8, 4) is 5.75 Å². The minimum atomic E-state index is -0.687. The molecule has 1 aromatic heterocycles. The maximum atomic E-state index is 13.1. The highest BCUT2D eigenvalue weighted by Crippen LogP contribution is 2.20. The van der Waals surface area contributed by atoms with Gasteiger partial charge in [-0.15, -0.1) is 0 Å². The van der Waals surface area contributed by atoms with Crippen molar-refractivity contribution in [2.45, 2.75) is 19.6 Å². The lowest BCUT2D eigenvalue weighted by Gasteiger charge is -2.17. The van der Waals surface area contributed by atoms with E-state index in [0.717, 1.165) is 17.1 Å². The van der Waals surface area contributed by atoms with Crippen LogP contribution in [0.25, 0.3) is 0 Å². The first-order valence-electron chi connectivity index (χ1n) is 7.85. The van der Waals surface area contributed by atoms with Gasteiger partial charge in [-0.3, -0.25) is 4.68 Å². The number of nitrogens with zero attached hydrogens (tertiary/aromatic N) is 3. The summed E-state index contributed by atoms with van der Waals surface area (Å²) in [5.41, 5.74) is 2.06. The Balaban J connectivity index is 1.82. The molecular formula is C17H25FN4O2. The van der Waals surface area contributed by atoms with E-state index >= 15 is 0 Å². The van der Waals surface area contributed by atoms with E-state index in [0.29, 0.717) is 18.8 Å². The molecule has 2 aromatic rings. The summed E-state index contributed by atoms with van der Waals surface area (Å²) >= 11 is 0. The van der Waals surface area contributed by atoms with Gasteiger partial charge in [0.25, 0.3) is 0 Å². The summed E-state index contributed by atoms with van der Waals surface area (Å²) < 4.78 is 20.3. The second-order valence-electron chi connectivity index (χ2n) is 5.96. The predicted molar refractivity (Wildman–Crippen MR) is 91.9 cm³/mol. The summed E-state index contributed by atoms with van der Waals surface area (Å²) in [5, 5.41) is 17.6. The zero-order chi connectivity index (χ0) is 17.7. The number of hydrogen-bond donors (Lipinski definition) is 2. The first-order valence-corrected chi connectivity index (χ1v) is 7.85. The number of nitrogens with one attached hydrogen (secondary N) is 1. The highest BCUT2D eigenvalue weighted by molar-refractivity contribution is 5.48. The molecule has 0 amide bonds. The topological polar surface area (TPSA) is 62.6 Å². The fourth-order valence-electron chi connectivity index (χ4n) is 2.63. The number of anilines is 1. The molecule has 0 radical (unpaired) electrons. The Morgan fingerprint density at radius 1 is 1.42 bits per heavy atom. The number of ether oxygens (including phenoxy) is 1. The average Bonchev–Trinajstić information content (AvgIpc) is 2.79. The van der Waals surface area contributed by atoms with E-state index in [4.69, 9.17) is 4.74 Å². The molecule has 6 nitrogen and oxygen atoms in total. The van der Waals surface area contributed by atoms with Crippen molar-refractivity contribution in [1.82, 2.24) is 15.1 Å². The first kappa shape index (κ1) is 18.2. The molecule has 2 rings (SSSR count). The van der Waals surface area contributed by atoms with Crippen molar-refractivity contribution in [1.29, 1.82) is 0 Å². The number of aromatic nitrogens is 2. The van der Waals surface area contributed by atoms with Crippen LogP contribution in [0.5, 0.6) is 5.75 Å². The van der Waals surface area contributed by atoms with Crippen LogP contribution < -0.4 is 15.0 Å². The van der Waals surface area contributed by atoms with Crippen LogP contribution >= 0.6 is 0 Å². The Morgan fingerprint density at radius 2 is 2.17 bits per heavy atom. The lowest BCUT2D eigenvalue weighted by Crippen LogP contribution is -2.31. The summed E-state index contributed by atoms with van der Waals surface area (Å²) in [7, 11) is 5.86. The lowest BCUT2D eigenvalue weighted by molar-refractivity contribution is 0.106. The quantitative estimate of drug-likeness (QED) is 0.764. The van der Waals surface area contributed by atoms with Gasteiger partial charge < -0.3 is 20.1 Å². The standard InChI is InChI=1S/C17H25FN4O2/c1-12-16(17(21(2)3)22(4)20-12)10-19-9-14(23)11-24-15-7-5-6-13(18)8-15/h5-8,14,19,23H,9-11H2,1-4H3/t14-/m0/s1. The van der Waals surface area contributed by atoms with Crippen LogP contribution in [0.2, 0.25) is 0 Å². The van der Waals surface area contributed by atoms with Crippen LogP contribution in [-0.4, -0.2) is 48.2 Å². The van der Waals surface area contributed by atoms with E-state index in [1.165, 1.54) is 12.1 Å². The Labute approximate surface area is 141 Å². The largest absolute Gasteiger partial charge is 0.491 e. The van der Waals surface area contributed by atoms with Crippen molar-refractivity contribution in [3.63, 3.8) is 0 Å². The maximum absolute atomic E-state index is 13.1. The molecule has 7 heteroatoms. The summed E-state index contributed by atoms with van der Waals surface area (Å²) in [5.74, 6) is 1.08. The molecule has 0 saturated carbocycles. The van der Waals surface area contributed by atoms with Crippen LogP contribution in [0.1, 0.15) is 11.3 Å². The third kappa shape index (κ3) is 4.69. The zero-order valence-electron chi connectivity index (χ0n) is 14.6. The molecule has 132 valence electrons. The highest BCUT2D eigenvalue weighted by atomic mass is 19.1. The summed E-state index contributed by atoms with van der Waals surface area (Å²) in [4.78, 5) is 2.01.